The van der Waals surface area contributed by atoms with Crippen LogP contribution in [0.4, 0.5) is 0 Å². The maximum Gasteiger partial charge on any atom is 0.248 e. The lowest BCUT2D eigenvalue weighted by atomic mass is 9.89. The summed E-state index contributed by atoms with van der Waals surface area (Å²) in [5.74, 6) is -0.468. The quantitative estimate of drug-likeness (QED) is 0.571. The summed E-state index contributed by atoms with van der Waals surface area (Å²) in [7, 11) is 0. The minimum atomic E-state index is -0.594. The molecule has 0 bridgehead atoms. The van der Waals surface area contributed by atoms with E-state index in [4.69, 9.17) is 16.2 Å². The van der Waals surface area contributed by atoms with E-state index in [-0.39, 0.29) is 18.4 Å². The number of rotatable bonds is 5. The molecule has 1 aliphatic rings. The molecule has 6 heteroatoms. The van der Waals surface area contributed by atoms with E-state index in [0.717, 1.165) is 0 Å². The summed E-state index contributed by atoms with van der Waals surface area (Å²) >= 11 is 0. The van der Waals surface area contributed by atoms with Crippen LogP contribution in [0.2, 0.25) is 0 Å². The van der Waals surface area contributed by atoms with Crippen LogP contribution in [0.1, 0.15) is 13.3 Å². The summed E-state index contributed by atoms with van der Waals surface area (Å²) < 4.78 is 5.05. The van der Waals surface area contributed by atoms with Crippen molar-refractivity contribution in [3.8, 4) is 0 Å². The number of likely N-dealkylation sites (tertiary alicyclic amines) is 1. The first-order valence-corrected chi connectivity index (χ1v) is 5.35. The molecular weight excluding hydrogens is 210 g/mol. The topological polar surface area (TPSA) is 98.7 Å². The summed E-state index contributed by atoms with van der Waals surface area (Å²) in [6.07, 6.45) is 0.616. The van der Waals surface area contributed by atoms with Gasteiger partial charge in [0.05, 0.1) is 12.0 Å². The highest BCUT2D eigenvalue weighted by Crippen LogP contribution is 2.29. The van der Waals surface area contributed by atoms with Crippen LogP contribution in [-0.2, 0) is 14.3 Å². The fourth-order valence-electron chi connectivity index (χ4n) is 1.71. The molecule has 92 valence electrons. The van der Waals surface area contributed by atoms with Crippen LogP contribution >= 0.6 is 0 Å². The van der Waals surface area contributed by atoms with Crippen LogP contribution in [-0.4, -0.2) is 49.6 Å². The van der Waals surface area contributed by atoms with Crippen LogP contribution < -0.4 is 11.5 Å². The SMILES string of the molecule is CC1(C(N)=O)CCN(C(=O)COCCN)C1. The molecule has 6 nitrogen and oxygen atoms in total. The molecule has 2 amide bonds. The van der Waals surface area contributed by atoms with Gasteiger partial charge >= 0.3 is 0 Å². The molecule has 0 aromatic rings. The first-order valence-electron chi connectivity index (χ1n) is 5.35. The van der Waals surface area contributed by atoms with Crippen molar-refractivity contribution in [2.24, 2.45) is 16.9 Å². The van der Waals surface area contributed by atoms with Crippen LogP contribution in [0.15, 0.2) is 0 Å². The number of amides is 2. The first-order chi connectivity index (χ1) is 7.49. The summed E-state index contributed by atoms with van der Waals surface area (Å²) in [6.45, 7) is 3.51. The van der Waals surface area contributed by atoms with Gasteiger partial charge in [0.2, 0.25) is 11.8 Å². The van der Waals surface area contributed by atoms with E-state index < -0.39 is 5.41 Å². The van der Waals surface area contributed by atoms with Gasteiger partial charge < -0.3 is 21.1 Å². The molecule has 0 saturated carbocycles. The van der Waals surface area contributed by atoms with Gasteiger partial charge in [0.1, 0.15) is 6.61 Å². The van der Waals surface area contributed by atoms with Gasteiger partial charge in [-0.15, -0.1) is 0 Å². The highest BCUT2D eigenvalue weighted by molar-refractivity contribution is 5.84. The fourth-order valence-corrected chi connectivity index (χ4v) is 1.71. The van der Waals surface area contributed by atoms with Gasteiger partial charge in [-0.05, 0) is 13.3 Å². The van der Waals surface area contributed by atoms with Crippen LogP contribution in [0.3, 0.4) is 0 Å². The Labute approximate surface area is 94.9 Å². The average molecular weight is 229 g/mol. The first kappa shape index (κ1) is 12.9. The van der Waals surface area contributed by atoms with E-state index >= 15 is 0 Å². The van der Waals surface area contributed by atoms with E-state index in [1.165, 1.54) is 0 Å². The van der Waals surface area contributed by atoms with Gasteiger partial charge in [-0.3, -0.25) is 9.59 Å². The number of hydrogen-bond acceptors (Lipinski definition) is 4. The van der Waals surface area contributed by atoms with Crippen molar-refractivity contribution < 1.29 is 14.3 Å². The number of nitrogens with zero attached hydrogens (tertiary/aromatic N) is 1. The van der Waals surface area contributed by atoms with E-state index in [2.05, 4.69) is 0 Å². The summed E-state index contributed by atoms with van der Waals surface area (Å²) in [4.78, 5) is 24.4. The standard InChI is InChI=1S/C10H19N3O3/c1-10(9(12)15)2-4-13(7-10)8(14)6-16-5-3-11/h2-7,11H2,1H3,(H2,12,15). The zero-order valence-corrected chi connectivity index (χ0v) is 9.57. The number of carbonyl (C=O) groups is 2. The highest BCUT2D eigenvalue weighted by atomic mass is 16.5. The molecule has 0 aliphatic carbocycles. The largest absolute Gasteiger partial charge is 0.370 e. The number of primary amides is 1. The van der Waals surface area contributed by atoms with Gasteiger partial charge in [0, 0.05) is 19.6 Å². The maximum atomic E-state index is 11.6. The third-order valence-corrected chi connectivity index (χ3v) is 2.91. The van der Waals surface area contributed by atoms with Gasteiger partial charge in [-0.1, -0.05) is 0 Å². The molecule has 0 spiro atoms. The molecule has 1 rings (SSSR count). The fraction of sp³-hybridized carbons (Fsp3) is 0.800. The molecule has 1 saturated heterocycles. The summed E-state index contributed by atoms with van der Waals surface area (Å²) in [5, 5.41) is 0. The van der Waals surface area contributed by atoms with Crippen molar-refractivity contribution in [2.45, 2.75) is 13.3 Å². The second-order valence-corrected chi connectivity index (χ2v) is 4.33. The monoisotopic (exact) mass is 229 g/mol. The van der Waals surface area contributed by atoms with E-state index in [9.17, 15) is 9.59 Å². The Balaban J connectivity index is 2.41. The lowest BCUT2D eigenvalue weighted by Crippen LogP contribution is -2.39. The second-order valence-electron chi connectivity index (χ2n) is 4.33. The third kappa shape index (κ3) is 2.93. The van der Waals surface area contributed by atoms with Gasteiger partial charge in [-0.25, -0.2) is 0 Å². The van der Waals surface area contributed by atoms with Gasteiger partial charge in [0.25, 0.3) is 0 Å². The van der Waals surface area contributed by atoms with E-state index in [1.807, 2.05) is 0 Å². The van der Waals surface area contributed by atoms with Crippen molar-refractivity contribution in [1.82, 2.24) is 4.90 Å². The van der Waals surface area contributed by atoms with Gasteiger partial charge in [0.15, 0.2) is 0 Å². The Morgan fingerprint density at radius 2 is 2.19 bits per heavy atom. The smallest absolute Gasteiger partial charge is 0.248 e. The highest BCUT2D eigenvalue weighted by Gasteiger charge is 2.40. The van der Waals surface area contributed by atoms with E-state index in [1.54, 1.807) is 11.8 Å². The zero-order valence-electron chi connectivity index (χ0n) is 9.57. The Kier molecular flexibility index (Phi) is 4.26. The van der Waals surface area contributed by atoms with Crippen molar-refractivity contribution >= 4 is 11.8 Å². The zero-order chi connectivity index (χ0) is 12.2. The summed E-state index contributed by atoms with van der Waals surface area (Å²) in [5.41, 5.74) is 9.94. The number of carbonyl (C=O) groups excluding carboxylic acids is 2. The van der Waals surface area contributed by atoms with Crippen LogP contribution in [0.25, 0.3) is 0 Å². The molecule has 1 heterocycles. The molecule has 0 aromatic heterocycles. The lowest BCUT2D eigenvalue weighted by molar-refractivity contribution is -0.135. The Bertz CT molecular complexity index is 282. The summed E-state index contributed by atoms with van der Waals surface area (Å²) in [6, 6.07) is 0. The molecule has 1 aliphatic heterocycles. The van der Waals surface area contributed by atoms with Crippen molar-refractivity contribution in [2.75, 3.05) is 32.8 Å². The third-order valence-electron chi connectivity index (χ3n) is 2.91. The molecule has 16 heavy (non-hydrogen) atoms. The molecule has 1 atom stereocenters. The average Bonchev–Trinajstić information content (AvgIpc) is 2.63. The Morgan fingerprint density at radius 1 is 1.50 bits per heavy atom. The lowest BCUT2D eigenvalue weighted by Gasteiger charge is -2.20. The molecule has 1 unspecified atom stereocenters. The van der Waals surface area contributed by atoms with Crippen molar-refractivity contribution in [3.05, 3.63) is 0 Å². The van der Waals surface area contributed by atoms with E-state index in [0.29, 0.717) is 32.7 Å². The Morgan fingerprint density at radius 3 is 2.69 bits per heavy atom. The number of nitrogens with two attached hydrogens (primary N) is 2. The Hall–Kier alpha value is -1.14. The van der Waals surface area contributed by atoms with Crippen molar-refractivity contribution in [3.63, 3.8) is 0 Å². The van der Waals surface area contributed by atoms with Crippen molar-refractivity contribution in [1.29, 1.82) is 0 Å². The van der Waals surface area contributed by atoms with Crippen LogP contribution in [0, 0.1) is 5.41 Å². The molecule has 0 radical (unpaired) electrons. The minimum absolute atomic E-state index is 0.0199. The molecular formula is C10H19N3O3. The predicted octanol–water partition coefficient (Wildman–Crippen LogP) is -1.31. The predicted molar refractivity (Wildman–Crippen MR) is 58.4 cm³/mol. The number of ether oxygens (including phenoxy) is 1. The molecule has 0 aromatic carbocycles. The maximum absolute atomic E-state index is 11.6. The second kappa shape index (κ2) is 5.27. The minimum Gasteiger partial charge on any atom is -0.370 e. The van der Waals surface area contributed by atoms with Gasteiger partial charge in [-0.2, -0.15) is 0 Å². The molecule has 4 N–H and O–H groups in total. The number of hydrogen-bond donors (Lipinski definition) is 2. The van der Waals surface area contributed by atoms with Crippen LogP contribution in [0.5, 0.6) is 0 Å². The molecule has 1 fully saturated rings. The normalized spacial score (nSPS) is 24.8.